The van der Waals surface area contributed by atoms with Gasteiger partial charge in [-0.25, -0.2) is 13.1 Å². The lowest BCUT2D eigenvalue weighted by atomic mass is 10.1. The highest BCUT2D eigenvalue weighted by Gasteiger charge is 2.16. The molecule has 0 aliphatic heterocycles. The van der Waals surface area contributed by atoms with Crippen LogP contribution in [0, 0.1) is 13.8 Å². The van der Waals surface area contributed by atoms with E-state index in [-0.39, 0.29) is 23.8 Å². The van der Waals surface area contributed by atoms with Crippen molar-refractivity contribution in [2.45, 2.75) is 25.2 Å². The van der Waals surface area contributed by atoms with E-state index in [2.05, 4.69) is 4.72 Å². The van der Waals surface area contributed by atoms with Crippen LogP contribution in [0.1, 0.15) is 17.5 Å². The number of hydrogen-bond donors (Lipinski definition) is 1. The van der Waals surface area contributed by atoms with Gasteiger partial charge in [-0.3, -0.25) is 4.79 Å². The van der Waals surface area contributed by atoms with E-state index >= 15 is 0 Å². The van der Waals surface area contributed by atoms with Crippen LogP contribution in [-0.2, 0) is 14.8 Å². The second-order valence-electron chi connectivity index (χ2n) is 6.49. The van der Waals surface area contributed by atoms with E-state index in [9.17, 15) is 13.2 Å². The Labute approximate surface area is 171 Å². The highest BCUT2D eigenvalue weighted by Crippen LogP contribution is 2.22. The summed E-state index contributed by atoms with van der Waals surface area (Å²) in [5.41, 5.74) is 1.92. The zero-order valence-electron chi connectivity index (χ0n) is 16.2. The van der Waals surface area contributed by atoms with Crippen LogP contribution in [-0.4, -0.2) is 46.0 Å². The number of carbonyl (C=O) groups is 1. The van der Waals surface area contributed by atoms with E-state index in [0.29, 0.717) is 23.9 Å². The molecule has 0 spiro atoms. The Hall–Kier alpha value is -2.09. The summed E-state index contributed by atoms with van der Waals surface area (Å²) in [6.45, 7) is 4.47. The van der Waals surface area contributed by atoms with Crippen LogP contribution in [0.15, 0.2) is 47.4 Å². The van der Waals surface area contributed by atoms with Crippen LogP contribution in [0.4, 0.5) is 0 Å². The molecule has 0 saturated carbocycles. The summed E-state index contributed by atoms with van der Waals surface area (Å²) in [6, 6.07) is 12.1. The van der Waals surface area contributed by atoms with Crippen molar-refractivity contribution in [2.75, 3.05) is 26.7 Å². The van der Waals surface area contributed by atoms with Crippen LogP contribution >= 0.6 is 11.6 Å². The molecule has 0 atom stereocenters. The third-order valence-corrected chi connectivity index (χ3v) is 6.14. The Balaban J connectivity index is 1.77. The van der Waals surface area contributed by atoms with E-state index in [0.717, 1.165) is 11.1 Å². The van der Waals surface area contributed by atoms with Crippen LogP contribution in [0.5, 0.6) is 5.75 Å². The lowest BCUT2D eigenvalue weighted by Gasteiger charge is -2.18. The van der Waals surface area contributed by atoms with Crippen molar-refractivity contribution < 1.29 is 17.9 Å². The molecule has 8 heteroatoms. The van der Waals surface area contributed by atoms with Gasteiger partial charge in [-0.15, -0.1) is 0 Å². The van der Waals surface area contributed by atoms with Crippen molar-refractivity contribution in [1.29, 1.82) is 0 Å². The van der Waals surface area contributed by atoms with E-state index in [1.807, 2.05) is 26.0 Å². The third-order valence-electron chi connectivity index (χ3n) is 4.37. The molecule has 0 aliphatic rings. The van der Waals surface area contributed by atoms with Gasteiger partial charge in [0.15, 0.2) is 0 Å². The summed E-state index contributed by atoms with van der Waals surface area (Å²) in [5, 5.41) is 0.511. The number of hydrogen-bond acceptors (Lipinski definition) is 4. The standard InChI is InChI=1S/C20H25ClN2O4S/c1-15-8-9-17(14-16(15)2)28(25,26)22-11-10-20(24)23(3)12-13-27-19-7-5-4-6-18(19)21/h4-9,14,22H,10-13H2,1-3H3. The number of aryl methyl sites for hydroxylation is 2. The Kier molecular flexibility index (Phi) is 7.86. The number of benzene rings is 2. The zero-order valence-corrected chi connectivity index (χ0v) is 17.8. The van der Waals surface area contributed by atoms with Crippen molar-refractivity contribution in [3.05, 3.63) is 58.6 Å². The number of rotatable bonds is 9. The number of likely N-dealkylation sites (N-methyl/N-ethyl adjacent to an activating group) is 1. The molecule has 1 amide bonds. The first-order valence-corrected chi connectivity index (χ1v) is 10.7. The van der Waals surface area contributed by atoms with Crippen LogP contribution < -0.4 is 9.46 Å². The van der Waals surface area contributed by atoms with Crippen molar-refractivity contribution in [3.63, 3.8) is 0 Å². The predicted molar refractivity (Wildman–Crippen MR) is 110 cm³/mol. The van der Waals surface area contributed by atoms with Gasteiger partial charge in [0.25, 0.3) is 0 Å². The van der Waals surface area contributed by atoms with E-state index < -0.39 is 10.0 Å². The minimum Gasteiger partial charge on any atom is -0.490 e. The maximum Gasteiger partial charge on any atom is 0.240 e. The Morgan fingerprint density at radius 3 is 2.54 bits per heavy atom. The molecular formula is C20H25ClN2O4S. The molecule has 0 bridgehead atoms. The number of sulfonamides is 1. The molecule has 28 heavy (non-hydrogen) atoms. The van der Waals surface area contributed by atoms with Crippen molar-refractivity contribution in [1.82, 2.24) is 9.62 Å². The highest BCUT2D eigenvalue weighted by molar-refractivity contribution is 7.89. The minimum atomic E-state index is -3.64. The number of ether oxygens (including phenoxy) is 1. The number of para-hydroxylation sites is 1. The summed E-state index contributed by atoms with van der Waals surface area (Å²) < 4.78 is 32.7. The lowest BCUT2D eigenvalue weighted by molar-refractivity contribution is -0.130. The van der Waals surface area contributed by atoms with E-state index in [1.165, 1.54) is 4.90 Å². The Morgan fingerprint density at radius 2 is 1.86 bits per heavy atom. The normalized spacial score (nSPS) is 11.3. The second-order valence-corrected chi connectivity index (χ2v) is 8.66. The average Bonchev–Trinajstić information content (AvgIpc) is 2.65. The first kappa shape index (κ1) is 22.2. The molecule has 2 aromatic rings. The monoisotopic (exact) mass is 424 g/mol. The molecule has 0 aliphatic carbocycles. The van der Waals surface area contributed by atoms with Gasteiger partial charge in [-0.2, -0.15) is 0 Å². The molecule has 6 nitrogen and oxygen atoms in total. The van der Waals surface area contributed by atoms with Gasteiger partial charge in [-0.05, 0) is 49.2 Å². The summed E-state index contributed by atoms with van der Waals surface area (Å²) in [6.07, 6.45) is 0.0622. The van der Waals surface area contributed by atoms with Crippen LogP contribution in [0.25, 0.3) is 0 Å². The van der Waals surface area contributed by atoms with E-state index in [1.54, 1.807) is 37.4 Å². The molecule has 2 rings (SSSR count). The molecular weight excluding hydrogens is 400 g/mol. The largest absolute Gasteiger partial charge is 0.490 e. The summed E-state index contributed by atoms with van der Waals surface area (Å²) >= 11 is 6.01. The minimum absolute atomic E-state index is 0.0315. The first-order valence-electron chi connectivity index (χ1n) is 8.89. The van der Waals surface area contributed by atoms with Gasteiger partial charge in [0.1, 0.15) is 12.4 Å². The fourth-order valence-corrected chi connectivity index (χ4v) is 3.73. The maximum atomic E-state index is 12.3. The average molecular weight is 425 g/mol. The van der Waals surface area contributed by atoms with Crippen LogP contribution in [0.2, 0.25) is 5.02 Å². The van der Waals surface area contributed by atoms with Gasteiger partial charge in [0, 0.05) is 20.0 Å². The van der Waals surface area contributed by atoms with Crippen molar-refractivity contribution in [3.8, 4) is 5.75 Å². The Morgan fingerprint density at radius 1 is 1.14 bits per heavy atom. The zero-order chi connectivity index (χ0) is 20.7. The number of nitrogens with one attached hydrogen (secondary N) is 1. The molecule has 2 aromatic carbocycles. The highest BCUT2D eigenvalue weighted by atomic mass is 35.5. The fourth-order valence-electron chi connectivity index (χ4n) is 2.43. The number of nitrogens with zero attached hydrogens (tertiary/aromatic N) is 1. The van der Waals surface area contributed by atoms with Crippen molar-refractivity contribution >= 4 is 27.5 Å². The fraction of sp³-hybridized carbons (Fsp3) is 0.350. The lowest BCUT2D eigenvalue weighted by Crippen LogP contribution is -2.34. The summed E-state index contributed by atoms with van der Waals surface area (Å²) in [7, 11) is -1.99. The molecule has 0 fully saturated rings. The van der Waals surface area contributed by atoms with Gasteiger partial charge in [0.2, 0.25) is 15.9 Å². The van der Waals surface area contributed by atoms with Crippen molar-refractivity contribution in [2.24, 2.45) is 0 Å². The number of carbonyl (C=O) groups excluding carboxylic acids is 1. The molecule has 0 saturated heterocycles. The first-order chi connectivity index (χ1) is 13.2. The third kappa shape index (κ3) is 6.22. The molecule has 0 unspecified atom stereocenters. The van der Waals surface area contributed by atoms with Gasteiger partial charge < -0.3 is 9.64 Å². The molecule has 0 heterocycles. The topological polar surface area (TPSA) is 75.7 Å². The second kappa shape index (κ2) is 9.91. The number of halogens is 1. The molecule has 0 radical (unpaired) electrons. The molecule has 152 valence electrons. The van der Waals surface area contributed by atoms with Gasteiger partial charge in [-0.1, -0.05) is 29.8 Å². The summed E-state index contributed by atoms with van der Waals surface area (Å²) in [5.74, 6) is 0.386. The quantitative estimate of drug-likeness (QED) is 0.670. The smallest absolute Gasteiger partial charge is 0.240 e. The van der Waals surface area contributed by atoms with Gasteiger partial charge >= 0.3 is 0 Å². The molecule has 1 N–H and O–H groups in total. The number of amides is 1. The molecule has 0 aromatic heterocycles. The van der Waals surface area contributed by atoms with E-state index in [4.69, 9.17) is 16.3 Å². The Bertz CT molecular complexity index is 932. The predicted octanol–water partition coefficient (Wildman–Crippen LogP) is 3.16. The van der Waals surface area contributed by atoms with Crippen LogP contribution in [0.3, 0.4) is 0 Å². The summed E-state index contributed by atoms with van der Waals surface area (Å²) in [4.78, 5) is 13.9. The SMILES string of the molecule is Cc1ccc(S(=O)(=O)NCCC(=O)N(C)CCOc2ccccc2Cl)cc1C. The maximum absolute atomic E-state index is 12.3. The van der Waals surface area contributed by atoms with Gasteiger partial charge in [0.05, 0.1) is 16.5 Å².